The van der Waals surface area contributed by atoms with E-state index in [9.17, 15) is 10.1 Å². The molecule has 1 heterocycles. The van der Waals surface area contributed by atoms with Gasteiger partial charge in [-0.15, -0.1) is 0 Å². The number of nitrogens with one attached hydrogen (secondary N) is 1. The number of rotatable bonds is 7. The largest absolute Gasteiger partial charge is 0.434 e. The Balaban J connectivity index is 1.84. The van der Waals surface area contributed by atoms with Crippen molar-refractivity contribution in [2.45, 2.75) is 19.9 Å². The van der Waals surface area contributed by atoms with Crippen molar-refractivity contribution in [1.82, 2.24) is 9.97 Å². The van der Waals surface area contributed by atoms with Crippen molar-refractivity contribution in [3.8, 4) is 11.6 Å². The van der Waals surface area contributed by atoms with Crippen molar-refractivity contribution >= 4 is 11.5 Å². The van der Waals surface area contributed by atoms with E-state index in [0.717, 1.165) is 17.5 Å². The van der Waals surface area contributed by atoms with Gasteiger partial charge in [-0.1, -0.05) is 49.4 Å². The number of benzene rings is 2. The molecule has 1 N–H and O–H groups in total. The van der Waals surface area contributed by atoms with Crippen LogP contribution in [0.5, 0.6) is 11.6 Å². The molecule has 132 valence electrons. The van der Waals surface area contributed by atoms with Crippen molar-refractivity contribution in [2.75, 3.05) is 5.32 Å². The maximum atomic E-state index is 11.6. The molecule has 0 fully saturated rings. The van der Waals surface area contributed by atoms with Crippen molar-refractivity contribution in [3.05, 3.63) is 82.2 Å². The molecule has 2 aromatic carbocycles. The summed E-state index contributed by atoms with van der Waals surface area (Å²) in [6, 6.07) is 16.9. The third kappa shape index (κ3) is 4.13. The normalized spacial score (nSPS) is 10.3. The fourth-order valence-electron chi connectivity index (χ4n) is 2.42. The van der Waals surface area contributed by atoms with Gasteiger partial charge in [-0.3, -0.25) is 10.1 Å². The molecule has 3 rings (SSSR count). The van der Waals surface area contributed by atoms with E-state index in [1.54, 1.807) is 12.1 Å². The lowest BCUT2D eigenvalue weighted by Gasteiger charge is -2.09. The van der Waals surface area contributed by atoms with Crippen molar-refractivity contribution in [3.63, 3.8) is 0 Å². The van der Waals surface area contributed by atoms with E-state index in [0.29, 0.717) is 12.3 Å². The Morgan fingerprint density at radius 2 is 1.77 bits per heavy atom. The summed E-state index contributed by atoms with van der Waals surface area (Å²) in [5, 5.41) is 14.5. The van der Waals surface area contributed by atoms with Crippen LogP contribution in [0.3, 0.4) is 0 Å². The van der Waals surface area contributed by atoms with Gasteiger partial charge >= 0.3 is 11.6 Å². The molecule has 0 radical (unpaired) electrons. The maximum Gasteiger partial charge on any atom is 0.373 e. The fraction of sp³-hybridized carbons (Fsp3) is 0.158. The monoisotopic (exact) mass is 350 g/mol. The minimum Gasteiger partial charge on any atom is -0.434 e. The number of hydrogen-bond donors (Lipinski definition) is 1. The fourth-order valence-corrected chi connectivity index (χ4v) is 2.42. The Hall–Kier alpha value is -3.48. The van der Waals surface area contributed by atoms with Crippen LogP contribution >= 0.6 is 0 Å². The van der Waals surface area contributed by atoms with Gasteiger partial charge in [-0.2, -0.15) is 4.98 Å². The van der Waals surface area contributed by atoms with E-state index in [1.165, 1.54) is 6.33 Å². The molecule has 0 spiro atoms. The second kappa shape index (κ2) is 8.06. The molecule has 26 heavy (non-hydrogen) atoms. The van der Waals surface area contributed by atoms with Crippen LogP contribution in [0.25, 0.3) is 0 Å². The van der Waals surface area contributed by atoms with Gasteiger partial charge in [0.25, 0.3) is 0 Å². The molecule has 0 atom stereocenters. The average molecular weight is 350 g/mol. The highest BCUT2D eigenvalue weighted by Crippen LogP contribution is 2.34. The van der Waals surface area contributed by atoms with E-state index in [1.807, 2.05) is 42.5 Å². The second-order valence-electron chi connectivity index (χ2n) is 5.57. The average Bonchev–Trinajstić information content (AvgIpc) is 2.67. The molecule has 0 amide bonds. The van der Waals surface area contributed by atoms with Gasteiger partial charge in [0.15, 0.2) is 0 Å². The standard InChI is InChI=1S/C19H18N4O3/c1-2-14-8-10-16(11-9-14)26-19-17(23(24)25)18(21-13-22-19)20-12-15-6-4-3-5-7-15/h3-11,13H,2,12H2,1H3,(H,20,21,22). The van der Waals surface area contributed by atoms with E-state index < -0.39 is 4.92 Å². The van der Waals surface area contributed by atoms with Crippen LogP contribution < -0.4 is 10.1 Å². The summed E-state index contributed by atoms with van der Waals surface area (Å²) in [5.41, 5.74) is 1.85. The Bertz CT molecular complexity index is 883. The first-order valence-corrected chi connectivity index (χ1v) is 8.21. The second-order valence-corrected chi connectivity index (χ2v) is 5.57. The van der Waals surface area contributed by atoms with E-state index in [-0.39, 0.29) is 17.4 Å². The lowest BCUT2D eigenvalue weighted by molar-refractivity contribution is -0.385. The molecule has 1 aromatic heterocycles. The zero-order valence-corrected chi connectivity index (χ0v) is 14.3. The number of nitro groups is 1. The summed E-state index contributed by atoms with van der Waals surface area (Å²) >= 11 is 0. The van der Waals surface area contributed by atoms with Crippen LogP contribution in [0.15, 0.2) is 60.9 Å². The quantitative estimate of drug-likeness (QED) is 0.503. The zero-order chi connectivity index (χ0) is 18.4. The molecular weight excluding hydrogens is 332 g/mol. The number of anilines is 1. The van der Waals surface area contributed by atoms with Crippen LogP contribution in [-0.2, 0) is 13.0 Å². The molecule has 0 saturated carbocycles. The number of aromatic nitrogens is 2. The summed E-state index contributed by atoms with van der Waals surface area (Å²) in [7, 11) is 0. The highest BCUT2D eigenvalue weighted by atomic mass is 16.6. The van der Waals surface area contributed by atoms with Gasteiger partial charge in [0.1, 0.15) is 12.1 Å². The molecule has 7 nitrogen and oxygen atoms in total. The first-order valence-electron chi connectivity index (χ1n) is 8.21. The smallest absolute Gasteiger partial charge is 0.373 e. The third-order valence-electron chi connectivity index (χ3n) is 3.82. The first-order chi connectivity index (χ1) is 12.7. The topological polar surface area (TPSA) is 90.2 Å². The SMILES string of the molecule is CCc1ccc(Oc2ncnc(NCc3ccccc3)c2[N+](=O)[O-])cc1. The van der Waals surface area contributed by atoms with Crippen LogP contribution in [0, 0.1) is 10.1 Å². The first kappa shape index (κ1) is 17.3. The minimum absolute atomic E-state index is 0.0928. The van der Waals surface area contributed by atoms with Crippen LogP contribution in [-0.4, -0.2) is 14.9 Å². The molecule has 0 aliphatic carbocycles. The van der Waals surface area contributed by atoms with Gasteiger partial charge in [-0.25, -0.2) is 4.98 Å². The van der Waals surface area contributed by atoms with Gasteiger partial charge in [-0.05, 0) is 29.7 Å². The summed E-state index contributed by atoms with van der Waals surface area (Å²) in [5.74, 6) is 0.511. The summed E-state index contributed by atoms with van der Waals surface area (Å²) in [6.45, 7) is 2.46. The third-order valence-corrected chi connectivity index (χ3v) is 3.82. The van der Waals surface area contributed by atoms with Crippen molar-refractivity contribution in [2.24, 2.45) is 0 Å². The Morgan fingerprint density at radius 3 is 2.42 bits per heavy atom. The zero-order valence-electron chi connectivity index (χ0n) is 14.3. The molecule has 0 saturated heterocycles. The lowest BCUT2D eigenvalue weighted by atomic mass is 10.2. The van der Waals surface area contributed by atoms with E-state index in [2.05, 4.69) is 22.2 Å². The van der Waals surface area contributed by atoms with Crippen LogP contribution in [0.1, 0.15) is 18.1 Å². The van der Waals surface area contributed by atoms with Crippen LogP contribution in [0.4, 0.5) is 11.5 Å². The molecule has 0 aliphatic rings. The molecule has 0 aliphatic heterocycles. The minimum atomic E-state index is -0.539. The van der Waals surface area contributed by atoms with E-state index in [4.69, 9.17) is 4.74 Å². The highest BCUT2D eigenvalue weighted by molar-refractivity contribution is 5.61. The molecular formula is C19H18N4O3. The van der Waals surface area contributed by atoms with Crippen molar-refractivity contribution < 1.29 is 9.66 Å². The predicted molar refractivity (Wildman–Crippen MR) is 98.3 cm³/mol. The van der Waals surface area contributed by atoms with Gasteiger partial charge in [0.2, 0.25) is 5.82 Å². The number of hydrogen-bond acceptors (Lipinski definition) is 6. The molecule has 7 heteroatoms. The number of ether oxygens (including phenoxy) is 1. The van der Waals surface area contributed by atoms with Crippen LogP contribution in [0.2, 0.25) is 0 Å². The summed E-state index contributed by atoms with van der Waals surface area (Å²) in [6.07, 6.45) is 2.15. The Morgan fingerprint density at radius 1 is 1.04 bits per heavy atom. The highest BCUT2D eigenvalue weighted by Gasteiger charge is 2.24. The van der Waals surface area contributed by atoms with E-state index >= 15 is 0 Å². The van der Waals surface area contributed by atoms with Crippen molar-refractivity contribution in [1.29, 1.82) is 0 Å². The number of nitrogens with zero attached hydrogens (tertiary/aromatic N) is 3. The summed E-state index contributed by atoms with van der Waals surface area (Å²) < 4.78 is 5.63. The Labute approximate surface area is 150 Å². The summed E-state index contributed by atoms with van der Waals surface area (Å²) in [4.78, 5) is 19.0. The lowest BCUT2D eigenvalue weighted by Crippen LogP contribution is -2.07. The molecule has 3 aromatic rings. The molecule has 0 unspecified atom stereocenters. The number of aryl methyl sites for hydroxylation is 1. The maximum absolute atomic E-state index is 11.6. The Kier molecular flexibility index (Phi) is 5.38. The predicted octanol–water partition coefficient (Wildman–Crippen LogP) is 4.35. The molecule has 0 bridgehead atoms. The van der Waals surface area contributed by atoms with Gasteiger partial charge in [0, 0.05) is 6.54 Å². The van der Waals surface area contributed by atoms with Gasteiger partial charge in [0.05, 0.1) is 4.92 Å². The van der Waals surface area contributed by atoms with Gasteiger partial charge < -0.3 is 10.1 Å².